The Hall–Kier alpha value is -3.17. The number of nitrogens with zero attached hydrogens (tertiary/aromatic N) is 1. The highest BCUT2D eigenvalue weighted by atomic mass is 32.1. The van der Waals surface area contributed by atoms with Gasteiger partial charge in [-0.2, -0.15) is 13.2 Å². The molecule has 0 aliphatic heterocycles. The van der Waals surface area contributed by atoms with E-state index >= 15 is 0 Å². The molecule has 1 atom stereocenters. The van der Waals surface area contributed by atoms with Crippen LogP contribution in [0.1, 0.15) is 17.5 Å². The second kappa shape index (κ2) is 7.34. The van der Waals surface area contributed by atoms with Gasteiger partial charge in [-0.05, 0) is 24.3 Å². The van der Waals surface area contributed by atoms with Crippen LogP contribution in [0.15, 0.2) is 68.6 Å². The normalized spacial score (nSPS) is 12.8. The van der Waals surface area contributed by atoms with E-state index in [-0.39, 0.29) is 22.3 Å². The minimum atomic E-state index is -4.52. The molecule has 9 heteroatoms. The Kier molecular flexibility index (Phi) is 4.85. The van der Waals surface area contributed by atoms with E-state index in [9.17, 15) is 23.1 Å². The third-order valence-corrected chi connectivity index (χ3v) is 4.86. The lowest BCUT2D eigenvalue weighted by atomic mass is 10.1. The summed E-state index contributed by atoms with van der Waals surface area (Å²) in [5.74, 6) is -0.00834. The Bertz CT molecular complexity index is 1220. The molecule has 0 fully saturated rings. The van der Waals surface area contributed by atoms with Gasteiger partial charge >= 0.3 is 6.18 Å². The average molecular weight is 418 g/mol. The number of nitrogens with one attached hydrogen (secondary N) is 1. The molecule has 0 amide bonds. The highest BCUT2D eigenvalue weighted by molar-refractivity contribution is 7.07. The Balaban J connectivity index is 1.81. The van der Waals surface area contributed by atoms with Gasteiger partial charge in [-0.15, -0.1) is 11.3 Å². The van der Waals surface area contributed by atoms with Crippen molar-refractivity contribution in [2.24, 2.45) is 0 Å². The number of hydrogen-bond donors (Lipinski definition) is 2. The van der Waals surface area contributed by atoms with E-state index in [1.165, 1.54) is 29.5 Å². The van der Waals surface area contributed by atoms with Crippen LogP contribution in [0.4, 0.5) is 18.9 Å². The first kappa shape index (κ1) is 19.2. The number of benzene rings is 2. The first-order chi connectivity index (χ1) is 13.8. The molecule has 5 nitrogen and oxygen atoms in total. The van der Waals surface area contributed by atoms with Crippen LogP contribution < -0.4 is 10.7 Å². The molecule has 2 N–H and O–H groups in total. The summed E-state index contributed by atoms with van der Waals surface area (Å²) in [6.07, 6.45) is -5.66. The summed E-state index contributed by atoms with van der Waals surface area (Å²) in [4.78, 5) is 16.6. The van der Waals surface area contributed by atoms with E-state index in [1.54, 1.807) is 23.0 Å². The van der Waals surface area contributed by atoms with Gasteiger partial charge in [-0.25, -0.2) is 4.98 Å². The highest BCUT2D eigenvalue weighted by Gasteiger charge is 2.30. The van der Waals surface area contributed by atoms with Crippen LogP contribution >= 0.6 is 11.3 Å². The fourth-order valence-corrected chi connectivity index (χ4v) is 3.43. The van der Waals surface area contributed by atoms with Crippen molar-refractivity contribution in [1.29, 1.82) is 0 Å². The maximum absolute atomic E-state index is 13.0. The van der Waals surface area contributed by atoms with Crippen LogP contribution in [0, 0.1) is 0 Å². The molecule has 2 aromatic heterocycles. The quantitative estimate of drug-likeness (QED) is 0.454. The fraction of sp³-hybridized carbons (Fsp3) is 0.100. The molecule has 0 saturated heterocycles. The van der Waals surface area contributed by atoms with Crippen molar-refractivity contribution in [3.05, 3.63) is 80.9 Å². The molecule has 4 aromatic rings. The predicted octanol–water partition coefficient (Wildman–Crippen LogP) is 5.04. The van der Waals surface area contributed by atoms with E-state index in [4.69, 9.17) is 4.42 Å². The van der Waals surface area contributed by atoms with E-state index in [0.717, 1.165) is 18.2 Å². The van der Waals surface area contributed by atoms with Crippen molar-refractivity contribution in [3.8, 4) is 11.3 Å². The third-order valence-electron chi connectivity index (χ3n) is 4.25. The Labute approximate surface area is 166 Å². The number of thiazole rings is 1. The Morgan fingerprint density at radius 2 is 1.93 bits per heavy atom. The van der Waals surface area contributed by atoms with Gasteiger partial charge in [0.05, 0.1) is 22.1 Å². The number of halogens is 3. The van der Waals surface area contributed by atoms with Crippen molar-refractivity contribution in [2.75, 3.05) is 5.32 Å². The van der Waals surface area contributed by atoms with Crippen molar-refractivity contribution >= 4 is 28.0 Å². The van der Waals surface area contributed by atoms with Gasteiger partial charge in [-0.1, -0.05) is 18.2 Å². The summed E-state index contributed by atoms with van der Waals surface area (Å²) < 4.78 is 44.9. The molecule has 0 spiro atoms. The van der Waals surface area contributed by atoms with Gasteiger partial charge < -0.3 is 14.8 Å². The molecule has 2 heterocycles. The number of anilines is 1. The van der Waals surface area contributed by atoms with Crippen LogP contribution in [0.25, 0.3) is 22.3 Å². The van der Waals surface area contributed by atoms with Crippen molar-refractivity contribution in [2.45, 2.75) is 12.4 Å². The lowest BCUT2D eigenvalue weighted by molar-refractivity contribution is -0.137. The molecular weight excluding hydrogens is 405 g/mol. The molecule has 0 aliphatic rings. The van der Waals surface area contributed by atoms with E-state index in [1.807, 2.05) is 0 Å². The number of aliphatic hydroxyl groups excluding tert-OH is 1. The third kappa shape index (κ3) is 3.87. The first-order valence-corrected chi connectivity index (χ1v) is 9.34. The standard InChI is InChI=1S/C20H13F3N2O3S/c21-20(22,23)12-4-1-3-11(7-12)17-8-16(26)13-5-2-6-14(18(13)28-17)25-19(27)15-9-29-10-24-15/h1-10,19,25,27H. The van der Waals surface area contributed by atoms with Crippen molar-refractivity contribution < 1.29 is 22.7 Å². The minimum Gasteiger partial charge on any atom is -0.454 e. The molecule has 0 saturated carbocycles. The SMILES string of the molecule is O=c1cc(-c2cccc(C(F)(F)F)c2)oc2c(NC(O)c3cscn3)cccc12. The predicted molar refractivity (Wildman–Crippen MR) is 104 cm³/mol. The minimum absolute atomic E-state index is 0.00834. The molecule has 29 heavy (non-hydrogen) atoms. The molecule has 4 rings (SSSR count). The van der Waals surface area contributed by atoms with E-state index < -0.39 is 23.4 Å². The summed E-state index contributed by atoms with van der Waals surface area (Å²) in [7, 11) is 0. The molecule has 148 valence electrons. The molecule has 0 radical (unpaired) electrons. The smallest absolute Gasteiger partial charge is 0.416 e. The zero-order chi connectivity index (χ0) is 20.6. The summed E-state index contributed by atoms with van der Waals surface area (Å²) in [5, 5.41) is 15.0. The fourth-order valence-electron chi connectivity index (χ4n) is 2.86. The number of hydrogen-bond acceptors (Lipinski definition) is 6. The average Bonchev–Trinajstić information content (AvgIpc) is 3.23. The summed E-state index contributed by atoms with van der Waals surface area (Å²) in [5.41, 5.74) is 1.26. The van der Waals surface area contributed by atoms with Gasteiger partial charge in [-0.3, -0.25) is 4.79 Å². The van der Waals surface area contributed by atoms with Crippen LogP contribution in [-0.4, -0.2) is 10.1 Å². The Morgan fingerprint density at radius 3 is 2.66 bits per heavy atom. The zero-order valence-corrected chi connectivity index (χ0v) is 15.4. The largest absolute Gasteiger partial charge is 0.454 e. The van der Waals surface area contributed by atoms with Gasteiger partial charge in [0.2, 0.25) is 0 Å². The highest BCUT2D eigenvalue weighted by Crippen LogP contribution is 2.33. The van der Waals surface area contributed by atoms with Gasteiger partial charge in [0, 0.05) is 17.0 Å². The number of aliphatic hydroxyl groups is 1. The molecule has 1 unspecified atom stereocenters. The van der Waals surface area contributed by atoms with Crippen LogP contribution in [0.5, 0.6) is 0 Å². The van der Waals surface area contributed by atoms with Crippen molar-refractivity contribution in [1.82, 2.24) is 4.98 Å². The first-order valence-electron chi connectivity index (χ1n) is 8.40. The number of alkyl halides is 3. The topological polar surface area (TPSA) is 75.4 Å². The summed E-state index contributed by atoms with van der Waals surface area (Å²) in [6, 6.07) is 10.4. The second-order valence-corrected chi connectivity index (χ2v) is 6.91. The number of fused-ring (bicyclic) bond motifs is 1. The maximum Gasteiger partial charge on any atom is 0.416 e. The summed E-state index contributed by atoms with van der Waals surface area (Å²) in [6.45, 7) is 0. The Morgan fingerprint density at radius 1 is 1.14 bits per heavy atom. The van der Waals surface area contributed by atoms with Gasteiger partial charge in [0.1, 0.15) is 11.5 Å². The molecule has 2 aromatic carbocycles. The second-order valence-electron chi connectivity index (χ2n) is 6.20. The molecular formula is C20H13F3N2O3S. The van der Waals surface area contributed by atoms with E-state index in [2.05, 4.69) is 10.3 Å². The van der Waals surface area contributed by atoms with E-state index in [0.29, 0.717) is 11.4 Å². The number of aromatic nitrogens is 1. The number of para-hydroxylation sites is 1. The summed E-state index contributed by atoms with van der Waals surface area (Å²) >= 11 is 1.31. The van der Waals surface area contributed by atoms with Crippen molar-refractivity contribution in [3.63, 3.8) is 0 Å². The zero-order valence-electron chi connectivity index (χ0n) is 14.6. The molecule has 0 bridgehead atoms. The number of rotatable bonds is 4. The van der Waals surface area contributed by atoms with Crippen LogP contribution in [0.3, 0.4) is 0 Å². The van der Waals surface area contributed by atoms with Crippen LogP contribution in [-0.2, 0) is 6.18 Å². The monoisotopic (exact) mass is 418 g/mol. The lowest BCUT2D eigenvalue weighted by Gasteiger charge is -2.14. The van der Waals surface area contributed by atoms with Gasteiger partial charge in [0.25, 0.3) is 0 Å². The van der Waals surface area contributed by atoms with Crippen LogP contribution in [0.2, 0.25) is 0 Å². The van der Waals surface area contributed by atoms with Gasteiger partial charge in [0.15, 0.2) is 17.2 Å². The maximum atomic E-state index is 13.0. The molecule has 0 aliphatic carbocycles. The lowest BCUT2D eigenvalue weighted by Crippen LogP contribution is -2.11.